The van der Waals surface area contributed by atoms with Gasteiger partial charge in [-0.1, -0.05) is 12.1 Å². The van der Waals surface area contributed by atoms with Crippen molar-refractivity contribution < 1.29 is 9.90 Å². The van der Waals surface area contributed by atoms with E-state index in [4.69, 9.17) is 5.11 Å². The third-order valence-corrected chi connectivity index (χ3v) is 3.20. The number of fused-ring (bicyclic) bond motifs is 1. The van der Waals surface area contributed by atoms with Gasteiger partial charge in [0, 0.05) is 18.5 Å². The first-order valence-electron chi connectivity index (χ1n) is 5.90. The number of carboxylic acid groups (broad SMARTS) is 1. The van der Waals surface area contributed by atoms with E-state index < -0.39 is 5.97 Å². The zero-order valence-corrected chi connectivity index (χ0v) is 10.00. The molecule has 0 saturated heterocycles. The number of para-hydroxylation sites is 1. The summed E-state index contributed by atoms with van der Waals surface area (Å²) < 4.78 is 0. The van der Waals surface area contributed by atoms with Crippen LogP contribution in [-0.2, 0) is 0 Å². The van der Waals surface area contributed by atoms with Gasteiger partial charge in [0.05, 0.1) is 5.52 Å². The predicted molar refractivity (Wildman–Crippen MR) is 67.9 cm³/mol. The molecule has 0 atom stereocenters. The lowest BCUT2D eigenvalue weighted by atomic mass is 10.2. The molecule has 1 aromatic carbocycles. The first-order chi connectivity index (χ1) is 8.66. The Labute approximate surface area is 104 Å². The molecular formula is C13H13N3O2. The fraction of sp³-hybridized carbons (Fsp3) is 0.308. The van der Waals surface area contributed by atoms with E-state index in [0.29, 0.717) is 17.4 Å². The molecule has 1 aromatic heterocycles. The summed E-state index contributed by atoms with van der Waals surface area (Å²) >= 11 is 0. The normalized spacial score (nSPS) is 14.7. The molecule has 0 amide bonds. The van der Waals surface area contributed by atoms with E-state index in [-0.39, 0.29) is 5.82 Å². The fourth-order valence-corrected chi connectivity index (χ4v) is 2.06. The van der Waals surface area contributed by atoms with Crippen molar-refractivity contribution in [3.63, 3.8) is 0 Å². The standard InChI is InChI=1S/C13H13N3O2/c1-16(8-6-7-8)12-9-4-2-3-5-10(9)14-11(15-12)13(17)18/h2-5,8H,6-7H2,1H3,(H,17,18). The topological polar surface area (TPSA) is 66.3 Å². The fourth-order valence-electron chi connectivity index (χ4n) is 2.06. The number of anilines is 1. The van der Waals surface area contributed by atoms with Crippen molar-refractivity contribution >= 4 is 22.7 Å². The number of aromatic carboxylic acids is 1. The van der Waals surface area contributed by atoms with Crippen LogP contribution in [0.1, 0.15) is 23.5 Å². The maximum atomic E-state index is 11.1. The number of benzene rings is 1. The molecule has 0 radical (unpaired) electrons. The number of carbonyl (C=O) groups is 1. The largest absolute Gasteiger partial charge is 0.475 e. The second kappa shape index (κ2) is 3.94. The Morgan fingerprint density at radius 2 is 2.06 bits per heavy atom. The highest BCUT2D eigenvalue weighted by Gasteiger charge is 2.29. The van der Waals surface area contributed by atoms with Crippen LogP contribution in [0, 0.1) is 0 Å². The Kier molecular flexibility index (Phi) is 2.40. The third kappa shape index (κ3) is 1.77. The molecule has 1 aliphatic rings. The predicted octanol–water partition coefficient (Wildman–Crippen LogP) is 1.93. The van der Waals surface area contributed by atoms with Crippen molar-refractivity contribution in [2.75, 3.05) is 11.9 Å². The van der Waals surface area contributed by atoms with Gasteiger partial charge < -0.3 is 10.0 Å². The zero-order chi connectivity index (χ0) is 12.7. The molecule has 0 unspecified atom stereocenters. The third-order valence-electron chi connectivity index (χ3n) is 3.20. The van der Waals surface area contributed by atoms with Gasteiger partial charge in [-0.3, -0.25) is 0 Å². The molecular weight excluding hydrogens is 230 g/mol. The molecule has 1 aliphatic carbocycles. The highest BCUT2D eigenvalue weighted by atomic mass is 16.4. The summed E-state index contributed by atoms with van der Waals surface area (Å²) in [7, 11) is 1.96. The molecule has 2 aromatic rings. The Hall–Kier alpha value is -2.17. The summed E-state index contributed by atoms with van der Waals surface area (Å²) in [4.78, 5) is 21.4. The maximum Gasteiger partial charge on any atom is 0.374 e. The molecule has 0 bridgehead atoms. The van der Waals surface area contributed by atoms with Gasteiger partial charge in [-0.25, -0.2) is 14.8 Å². The van der Waals surface area contributed by atoms with Crippen LogP contribution in [0.15, 0.2) is 24.3 Å². The molecule has 0 spiro atoms. The minimum atomic E-state index is -1.09. The van der Waals surface area contributed by atoms with Crippen LogP contribution in [0.5, 0.6) is 0 Å². The van der Waals surface area contributed by atoms with Crippen LogP contribution in [0.4, 0.5) is 5.82 Å². The van der Waals surface area contributed by atoms with Gasteiger partial charge in [0.15, 0.2) is 0 Å². The van der Waals surface area contributed by atoms with E-state index in [1.807, 2.05) is 31.3 Å². The smallest absolute Gasteiger partial charge is 0.374 e. The second-order valence-corrected chi connectivity index (χ2v) is 4.54. The summed E-state index contributed by atoms with van der Waals surface area (Å²) in [5.74, 6) is -0.525. The number of hydrogen-bond acceptors (Lipinski definition) is 4. The van der Waals surface area contributed by atoms with E-state index in [1.165, 1.54) is 0 Å². The number of nitrogens with zero attached hydrogens (tertiary/aromatic N) is 3. The van der Waals surface area contributed by atoms with E-state index in [9.17, 15) is 4.79 Å². The summed E-state index contributed by atoms with van der Waals surface area (Å²) in [5, 5.41) is 9.96. The average molecular weight is 243 g/mol. The van der Waals surface area contributed by atoms with Crippen LogP contribution >= 0.6 is 0 Å². The Bertz CT molecular complexity index is 623. The van der Waals surface area contributed by atoms with Gasteiger partial charge in [0.2, 0.25) is 5.82 Å². The van der Waals surface area contributed by atoms with Gasteiger partial charge in [-0.05, 0) is 25.0 Å². The molecule has 5 nitrogen and oxygen atoms in total. The molecule has 1 heterocycles. The summed E-state index contributed by atoms with van der Waals surface area (Å²) in [6.07, 6.45) is 2.27. The SMILES string of the molecule is CN(c1nc(C(=O)O)nc2ccccc12)C1CC1. The lowest BCUT2D eigenvalue weighted by Crippen LogP contribution is -2.22. The molecule has 18 heavy (non-hydrogen) atoms. The Morgan fingerprint density at radius 3 is 2.72 bits per heavy atom. The zero-order valence-electron chi connectivity index (χ0n) is 10.00. The molecule has 1 N–H and O–H groups in total. The lowest BCUT2D eigenvalue weighted by Gasteiger charge is -2.19. The second-order valence-electron chi connectivity index (χ2n) is 4.54. The monoisotopic (exact) mass is 243 g/mol. The molecule has 3 rings (SSSR count). The van der Waals surface area contributed by atoms with Crippen LogP contribution in [0.2, 0.25) is 0 Å². The molecule has 92 valence electrons. The maximum absolute atomic E-state index is 11.1. The van der Waals surface area contributed by atoms with Crippen LogP contribution in [0.3, 0.4) is 0 Å². The van der Waals surface area contributed by atoms with Crippen LogP contribution in [-0.4, -0.2) is 34.1 Å². The number of hydrogen-bond donors (Lipinski definition) is 1. The van der Waals surface area contributed by atoms with Crippen molar-refractivity contribution in [3.8, 4) is 0 Å². The van der Waals surface area contributed by atoms with Crippen molar-refractivity contribution in [1.82, 2.24) is 9.97 Å². The average Bonchev–Trinajstić information content (AvgIpc) is 3.20. The van der Waals surface area contributed by atoms with E-state index >= 15 is 0 Å². The van der Waals surface area contributed by atoms with E-state index in [2.05, 4.69) is 14.9 Å². The van der Waals surface area contributed by atoms with Gasteiger partial charge >= 0.3 is 5.97 Å². The minimum absolute atomic E-state index is 0.142. The highest BCUT2D eigenvalue weighted by molar-refractivity contribution is 5.93. The number of aromatic nitrogens is 2. The van der Waals surface area contributed by atoms with Crippen molar-refractivity contribution in [3.05, 3.63) is 30.1 Å². The Morgan fingerprint density at radius 1 is 1.33 bits per heavy atom. The lowest BCUT2D eigenvalue weighted by molar-refractivity contribution is 0.0684. The highest BCUT2D eigenvalue weighted by Crippen LogP contribution is 2.32. The van der Waals surface area contributed by atoms with Gasteiger partial charge in [-0.15, -0.1) is 0 Å². The van der Waals surface area contributed by atoms with Crippen molar-refractivity contribution in [2.45, 2.75) is 18.9 Å². The van der Waals surface area contributed by atoms with Crippen LogP contribution < -0.4 is 4.90 Å². The van der Waals surface area contributed by atoms with E-state index in [0.717, 1.165) is 18.2 Å². The summed E-state index contributed by atoms with van der Waals surface area (Å²) in [6, 6.07) is 7.98. The Balaban J connectivity index is 2.22. The molecule has 5 heteroatoms. The van der Waals surface area contributed by atoms with Gasteiger partial charge in [0.25, 0.3) is 0 Å². The summed E-state index contributed by atoms with van der Waals surface area (Å²) in [5.41, 5.74) is 0.674. The quantitative estimate of drug-likeness (QED) is 0.892. The molecule has 0 aliphatic heterocycles. The summed E-state index contributed by atoms with van der Waals surface area (Å²) in [6.45, 7) is 0. The van der Waals surface area contributed by atoms with Gasteiger partial charge in [0.1, 0.15) is 5.82 Å². The minimum Gasteiger partial charge on any atom is -0.475 e. The molecule has 1 fully saturated rings. The van der Waals surface area contributed by atoms with Crippen molar-refractivity contribution in [1.29, 1.82) is 0 Å². The van der Waals surface area contributed by atoms with Gasteiger partial charge in [-0.2, -0.15) is 0 Å². The number of rotatable bonds is 3. The van der Waals surface area contributed by atoms with Crippen molar-refractivity contribution in [2.24, 2.45) is 0 Å². The van der Waals surface area contributed by atoms with E-state index in [1.54, 1.807) is 0 Å². The first-order valence-corrected chi connectivity index (χ1v) is 5.90. The molecule has 1 saturated carbocycles. The number of carboxylic acids is 1. The first kappa shape index (κ1) is 11.0. The van der Waals surface area contributed by atoms with Crippen LogP contribution in [0.25, 0.3) is 10.9 Å².